The average Bonchev–Trinajstić information content (AvgIpc) is 3.03. The minimum absolute atomic E-state index is 0.0514. The lowest BCUT2D eigenvalue weighted by atomic mass is 10.1. The molecule has 1 saturated heterocycles. The van der Waals surface area contributed by atoms with Crippen LogP contribution in [0.5, 0.6) is 0 Å². The monoisotopic (exact) mass is 405 g/mol. The lowest BCUT2D eigenvalue weighted by Crippen LogP contribution is -2.34. The number of hydrogen-bond acceptors (Lipinski definition) is 4. The molecule has 3 rings (SSSR count). The van der Waals surface area contributed by atoms with E-state index in [2.05, 4.69) is 0 Å². The number of rotatable bonds is 8. The minimum atomic E-state index is -0.957. The van der Waals surface area contributed by atoms with Crippen molar-refractivity contribution in [1.29, 1.82) is 0 Å². The first kappa shape index (κ1) is 20.3. The number of halogens is 2. The normalized spacial score (nSPS) is 16.4. The molecular weight excluding hydrogens is 384 g/mol. The molecule has 1 unspecified atom stereocenters. The van der Waals surface area contributed by atoms with Crippen LogP contribution >= 0.6 is 11.8 Å². The van der Waals surface area contributed by atoms with Crippen LogP contribution in [0.4, 0.5) is 8.78 Å². The Morgan fingerprint density at radius 1 is 1.14 bits per heavy atom. The molecule has 0 aliphatic carbocycles. The fraction of sp³-hybridized carbons (Fsp3) is 0.333. The van der Waals surface area contributed by atoms with Crippen molar-refractivity contribution in [3.63, 3.8) is 0 Å². The number of thioether (sulfide) groups is 1. The number of hydrogen-bond donors (Lipinski definition) is 0. The van der Waals surface area contributed by atoms with Crippen LogP contribution in [0.1, 0.15) is 24.8 Å². The van der Waals surface area contributed by atoms with Gasteiger partial charge in [-0.15, -0.1) is 11.8 Å². The van der Waals surface area contributed by atoms with Crippen molar-refractivity contribution >= 4 is 23.6 Å². The molecular formula is C21H21F2NO3S. The Bertz CT molecular complexity index is 832. The molecule has 2 aromatic carbocycles. The maximum atomic E-state index is 13.9. The zero-order valence-corrected chi connectivity index (χ0v) is 16.1. The minimum Gasteiger partial charge on any atom is -0.465 e. The SMILES string of the molecule is O=C(CC1CCC(=O)N1Cc1cccc(F)c1F)OCCSc1ccccc1. The van der Waals surface area contributed by atoms with Crippen molar-refractivity contribution in [2.24, 2.45) is 0 Å². The summed E-state index contributed by atoms with van der Waals surface area (Å²) >= 11 is 1.59. The number of likely N-dealkylation sites (tertiary alicyclic amines) is 1. The van der Waals surface area contributed by atoms with Crippen LogP contribution < -0.4 is 0 Å². The number of esters is 1. The molecule has 1 aliphatic rings. The molecule has 1 heterocycles. The van der Waals surface area contributed by atoms with E-state index in [0.717, 1.165) is 11.0 Å². The second-order valence-corrected chi connectivity index (χ2v) is 7.68. The summed E-state index contributed by atoms with van der Waals surface area (Å²) in [6.07, 6.45) is 0.848. The molecule has 0 saturated carbocycles. The quantitative estimate of drug-likeness (QED) is 0.376. The van der Waals surface area contributed by atoms with E-state index in [1.54, 1.807) is 11.8 Å². The highest BCUT2D eigenvalue weighted by Crippen LogP contribution is 2.25. The summed E-state index contributed by atoms with van der Waals surface area (Å²) in [7, 11) is 0. The summed E-state index contributed by atoms with van der Waals surface area (Å²) in [5.41, 5.74) is 0.105. The predicted octanol–water partition coefficient (Wildman–Crippen LogP) is 4.18. The van der Waals surface area contributed by atoms with Gasteiger partial charge in [-0.1, -0.05) is 30.3 Å². The van der Waals surface area contributed by atoms with Crippen molar-refractivity contribution in [2.45, 2.75) is 36.7 Å². The summed E-state index contributed by atoms with van der Waals surface area (Å²) in [6.45, 7) is 0.224. The Morgan fingerprint density at radius 3 is 2.71 bits per heavy atom. The molecule has 7 heteroatoms. The molecule has 28 heavy (non-hydrogen) atoms. The summed E-state index contributed by atoms with van der Waals surface area (Å²) in [5.74, 6) is -1.82. The summed E-state index contributed by atoms with van der Waals surface area (Å²) in [4.78, 5) is 26.8. The highest BCUT2D eigenvalue weighted by Gasteiger charge is 2.33. The Balaban J connectivity index is 1.48. The van der Waals surface area contributed by atoms with Crippen molar-refractivity contribution in [3.8, 4) is 0 Å². The lowest BCUT2D eigenvalue weighted by molar-refractivity contribution is -0.144. The van der Waals surface area contributed by atoms with E-state index in [9.17, 15) is 18.4 Å². The highest BCUT2D eigenvalue weighted by atomic mass is 32.2. The molecule has 0 spiro atoms. The van der Waals surface area contributed by atoms with Crippen LogP contribution in [0.3, 0.4) is 0 Å². The molecule has 4 nitrogen and oxygen atoms in total. The van der Waals surface area contributed by atoms with E-state index < -0.39 is 17.6 Å². The van der Waals surface area contributed by atoms with Crippen molar-refractivity contribution < 1.29 is 23.1 Å². The standard InChI is InChI=1S/C21H21F2NO3S/c22-18-8-4-5-15(21(18)23)14-24-16(9-10-19(24)25)13-20(26)27-11-12-28-17-6-2-1-3-7-17/h1-8,16H,9-14H2. The third-order valence-corrected chi connectivity index (χ3v) is 5.56. The number of nitrogens with zero attached hydrogens (tertiary/aromatic N) is 1. The number of ether oxygens (including phenoxy) is 1. The van der Waals surface area contributed by atoms with Gasteiger partial charge < -0.3 is 9.64 Å². The third-order valence-electron chi connectivity index (χ3n) is 4.59. The van der Waals surface area contributed by atoms with Crippen LogP contribution in [0, 0.1) is 11.6 Å². The first-order chi connectivity index (χ1) is 13.5. The van der Waals surface area contributed by atoms with E-state index >= 15 is 0 Å². The van der Waals surface area contributed by atoms with E-state index in [0.29, 0.717) is 18.6 Å². The first-order valence-electron chi connectivity index (χ1n) is 9.10. The fourth-order valence-corrected chi connectivity index (χ4v) is 3.91. The van der Waals surface area contributed by atoms with Gasteiger partial charge in [-0.3, -0.25) is 9.59 Å². The maximum absolute atomic E-state index is 13.9. The van der Waals surface area contributed by atoms with Crippen LogP contribution in [0.25, 0.3) is 0 Å². The molecule has 1 fully saturated rings. The Kier molecular flexibility index (Phi) is 7.03. The summed E-state index contributed by atoms with van der Waals surface area (Å²) in [6, 6.07) is 13.3. The van der Waals surface area contributed by atoms with Gasteiger partial charge >= 0.3 is 5.97 Å². The second kappa shape index (κ2) is 9.68. The average molecular weight is 405 g/mol. The molecule has 0 radical (unpaired) electrons. The van der Waals surface area contributed by atoms with Crippen LogP contribution in [0.15, 0.2) is 53.4 Å². The number of carbonyl (C=O) groups excluding carboxylic acids is 2. The van der Waals surface area contributed by atoms with Gasteiger partial charge in [-0.25, -0.2) is 8.78 Å². The fourth-order valence-electron chi connectivity index (χ4n) is 3.16. The van der Waals surface area contributed by atoms with Gasteiger partial charge in [0.15, 0.2) is 11.6 Å². The van der Waals surface area contributed by atoms with Gasteiger partial charge in [-0.05, 0) is 24.6 Å². The topological polar surface area (TPSA) is 46.6 Å². The van der Waals surface area contributed by atoms with Crippen LogP contribution in [0.2, 0.25) is 0 Å². The van der Waals surface area contributed by atoms with Gasteiger partial charge in [0, 0.05) is 35.2 Å². The molecule has 1 amide bonds. The molecule has 1 aliphatic heterocycles. The first-order valence-corrected chi connectivity index (χ1v) is 10.1. The summed E-state index contributed by atoms with van der Waals surface area (Å²) < 4.78 is 32.6. The molecule has 0 bridgehead atoms. The smallest absolute Gasteiger partial charge is 0.307 e. The molecule has 148 valence electrons. The van der Waals surface area contributed by atoms with E-state index in [4.69, 9.17) is 4.74 Å². The largest absolute Gasteiger partial charge is 0.465 e. The van der Waals surface area contributed by atoms with Crippen molar-refractivity contribution in [3.05, 3.63) is 65.7 Å². The van der Waals surface area contributed by atoms with E-state index in [1.165, 1.54) is 17.0 Å². The van der Waals surface area contributed by atoms with Gasteiger partial charge in [0.2, 0.25) is 5.91 Å². The Hall–Kier alpha value is -2.41. The summed E-state index contributed by atoms with van der Waals surface area (Å²) in [5, 5.41) is 0. The van der Waals surface area contributed by atoms with Crippen molar-refractivity contribution in [1.82, 2.24) is 4.90 Å². The second-order valence-electron chi connectivity index (χ2n) is 6.51. The van der Waals surface area contributed by atoms with Crippen LogP contribution in [-0.2, 0) is 20.9 Å². The predicted molar refractivity (Wildman–Crippen MR) is 103 cm³/mol. The van der Waals surface area contributed by atoms with Gasteiger partial charge in [0.1, 0.15) is 6.61 Å². The number of carbonyl (C=O) groups is 2. The Labute approximate surface area is 166 Å². The van der Waals surface area contributed by atoms with Crippen LogP contribution in [-0.4, -0.2) is 35.2 Å². The molecule has 1 atom stereocenters. The maximum Gasteiger partial charge on any atom is 0.307 e. The molecule has 2 aromatic rings. The van der Waals surface area contributed by atoms with E-state index in [-0.39, 0.29) is 37.1 Å². The Morgan fingerprint density at radius 2 is 1.93 bits per heavy atom. The van der Waals surface area contributed by atoms with Gasteiger partial charge in [0.25, 0.3) is 0 Å². The zero-order chi connectivity index (χ0) is 19.9. The van der Waals surface area contributed by atoms with Gasteiger partial charge in [-0.2, -0.15) is 0 Å². The van der Waals surface area contributed by atoms with Gasteiger partial charge in [0.05, 0.1) is 6.42 Å². The number of amides is 1. The third kappa shape index (κ3) is 5.32. The number of benzene rings is 2. The van der Waals surface area contributed by atoms with E-state index in [1.807, 2.05) is 30.3 Å². The molecule has 0 aromatic heterocycles. The highest BCUT2D eigenvalue weighted by molar-refractivity contribution is 7.99. The van der Waals surface area contributed by atoms with Crippen molar-refractivity contribution in [2.75, 3.05) is 12.4 Å². The zero-order valence-electron chi connectivity index (χ0n) is 15.3. The lowest BCUT2D eigenvalue weighted by Gasteiger charge is -2.24. The molecule has 0 N–H and O–H groups in total.